The zero-order chi connectivity index (χ0) is 10.6. The second-order valence-electron chi connectivity index (χ2n) is 6.08. The van der Waals surface area contributed by atoms with Crippen molar-refractivity contribution in [1.29, 1.82) is 0 Å². The molecule has 2 bridgehead atoms. The largest absolute Gasteiger partial charge is 0.388 e. The number of hydrogen-bond donors (Lipinski definition) is 1. The molecule has 1 nitrogen and oxygen atoms in total. The highest BCUT2D eigenvalue weighted by atomic mass is 16.3. The monoisotopic (exact) mass is 194 g/mol. The first-order valence-electron chi connectivity index (χ1n) is 5.71. The molecular weight excluding hydrogens is 172 g/mol. The van der Waals surface area contributed by atoms with Gasteiger partial charge >= 0.3 is 0 Å². The predicted octanol–water partition coefficient (Wildman–Crippen LogP) is 3.14. The minimum atomic E-state index is -0.523. The first-order chi connectivity index (χ1) is 6.37. The first-order valence-corrected chi connectivity index (χ1v) is 5.71. The van der Waals surface area contributed by atoms with Crippen molar-refractivity contribution in [2.45, 2.75) is 52.1 Å². The van der Waals surface area contributed by atoms with Crippen molar-refractivity contribution in [3.05, 3.63) is 12.7 Å². The van der Waals surface area contributed by atoms with E-state index in [-0.39, 0.29) is 10.8 Å². The summed E-state index contributed by atoms with van der Waals surface area (Å²) in [5, 5.41) is 10.9. The summed E-state index contributed by atoms with van der Waals surface area (Å²) in [6.07, 6.45) is 6.30. The molecule has 0 spiro atoms. The summed E-state index contributed by atoms with van der Waals surface area (Å²) in [7, 11) is 0. The van der Waals surface area contributed by atoms with Crippen LogP contribution in [-0.2, 0) is 0 Å². The topological polar surface area (TPSA) is 20.2 Å². The fourth-order valence-corrected chi connectivity index (χ4v) is 4.07. The third-order valence-corrected chi connectivity index (χ3v) is 5.27. The van der Waals surface area contributed by atoms with Crippen LogP contribution >= 0.6 is 0 Å². The lowest BCUT2D eigenvalue weighted by molar-refractivity contribution is -0.140. The van der Waals surface area contributed by atoms with Gasteiger partial charge in [0.05, 0.1) is 5.60 Å². The van der Waals surface area contributed by atoms with Crippen LogP contribution in [0.4, 0.5) is 0 Å². The zero-order valence-electron chi connectivity index (χ0n) is 9.64. The Labute approximate surface area is 87.2 Å². The van der Waals surface area contributed by atoms with E-state index in [9.17, 15) is 5.11 Å². The molecule has 2 fully saturated rings. The quantitative estimate of drug-likeness (QED) is 0.670. The molecule has 0 heterocycles. The standard InChI is InChI=1S/C13H22O/c1-5-7-13(14)11(2,3)10-6-8-12(13,4)9-10/h5,10,14H,1,6-9H2,2-4H3. The van der Waals surface area contributed by atoms with Gasteiger partial charge in [-0.05, 0) is 42.4 Å². The SMILES string of the molecule is C=CCC1(O)C2(C)CCC(C2)C1(C)C. The van der Waals surface area contributed by atoms with E-state index in [1.54, 1.807) is 0 Å². The summed E-state index contributed by atoms with van der Waals surface area (Å²) < 4.78 is 0. The first kappa shape index (κ1) is 10.2. The van der Waals surface area contributed by atoms with Gasteiger partial charge in [0.15, 0.2) is 0 Å². The average molecular weight is 194 g/mol. The van der Waals surface area contributed by atoms with Gasteiger partial charge in [-0.2, -0.15) is 0 Å². The number of hydrogen-bond acceptors (Lipinski definition) is 1. The fraction of sp³-hybridized carbons (Fsp3) is 0.846. The zero-order valence-corrected chi connectivity index (χ0v) is 9.64. The van der Waals surface area contributed by atoms with Crippen molar-refractivity contribution in [1.82, 2.24) is 0 Å². The molecule has 14 heavy (non-hydrogen) atoms. The molecule has 2 aliphatic carbocycles. The molecule has 2 aliphatic rings. The molecule has 0 aromatic carbocycles. The van der Waals surface area contributed by atoms with Gasteiger partial charge in [0.2, 0.25) is 0 Å². The maximum atomic E-state index is 10.9. The lowest BCUT2D eigenvalue weighted by Gasteiger charge is -2.50. The fourth-order valence-electron chi connectivity index (χ4n) is 4.07. The van der Waals surface area contributed by atoms with E-state index in [0.29, 0.717) is 5.92 Å². The van der Waals surface area contributed by atoms with E-state index in [4.69, 9.17) is 0 Å². The van der Waals surface area contributed by atoms with E-state index in [1.807, 2.05) is 6.08 Å². The highest BCUT2D eigenvalue weighted by Gasteiger charge is 2.67. The second kappa shape index (κ2) is 2.63. The van der Waals surface area contributed by atoms with E-state index in [0.717, 1.165) is 6.42 Å². The minimum Gasteiger partial charge on any atom is -0.388 e. The van der Waals surface area contributed by atoms with Crippen molar-refractivity contribution < 1.29 is 5.11 Å². The van der Waals surface area contributed by atoms with Crippen molar-refractivity contribution in [3.8, 4) is 0 Å². The third kappa shape index (κ3) is 0.894. The van der Waals surface area contributed by atoms with Gasteiger partial charge in [-0.15, -0.1) is 6.58 Å². The van der Waals surface area contributed by atoms with Crippen molar-refractivity contribution >= 4 is 0 Å². The Balaban J connectivity index is 2.43. The van der Waals surface area contributed by atoms with Crippen molar-refractivity contribution in [3.63, 3.8) is 0 Å². The maximum Gasteiger partial charge on any atom is 0.0788 e. The molecular formula is C13H22O. The van der Waals surface area contributed by atoms with Crippen LogP contribution in [0.2, 0.25) is 0 Å². The molecule has 0 aromatic heterocycles. The molecule has 80 valence electrons. The predicted molar refractivity (Wildman–Crippen MR) is 59.0 cm³/mol. The van der Waals surface area contributed by atoms with Gasteiger partial charge in [0.25, 0.3) is 0 Å². The van der Waals surface area contributed by atoms with Gasteiger partial charge in [-0.25, -0.2) is 0 Å². The molecule has 1 heteroatoms. The molecule has 0 amide bonds. The highest BCUT2D eigenvalue weighted by Crippen LogP contribution is 2.69. The van der Waals surface area contributed by atoms with Crippen LogP contribution in [0.1, 0.15) is 46.5 Å². The van der Waals surface area contributed by atoms with Crippen LogP contribution in [-0.4, -0.2) is 10.7 Å². The summed E-state index contributed by atoms with van der Waals surface area (Å²) in [6.45, 7) is 10.5. The summed E-state index contributed by atoms with van der Waals surface area (Å²) in [5.41, 5.74) is -0.325. The van der Waals surface area contributed by atoms with E-state index < -0.39 is 5.60 Å². The van der Waals surface area contributed by atoms with Crippen LogP contribution in [0.5, 0.6) is 0 Å². The maximum absolute atomic E-state index is 10.9. The highest BCUT2D eigenvalue weighted by molar-refractivity contribution is 5.19. The van der Waals surface area contributed by atoms with Crippen LogP contribution in [0, 0.1) is 16.7 Å². The van der Waals surface area contributed by atoms with Gasteiger partial charge in [-0.1, -0.05) is 26.8 Å². The third-order valence-electron chi connectivity index (χ3n) is 5.27. The molecule has 3 unspecified atom stereocenters. The second-order valence-corrected chi connectivity index (χ2v) is 6.08. The van der Waals surface area contributed by atoms with E-state index in [2.05, 4.69) is 27.4 Å². The smallest absolute Gasteiger partial charge is 0.0788 e. The van der Waals surface area contributed by atoms with Gasteiger partial charge < -0.3 is 5.11 Å². The van der Waals surface area contributed by atoms with Gasteiger partial charge in [-0.3, -0.25) is 0 Å². The van der Waals surface area contributed by atoms with Crippen molar-refractivity contribution in [2.75, 3.05) is 0 Å². The Morgan fingerprint density at radius 2 is 2.07 bits per heavy atom. The molecule has 0 radical (unpaired) electrons. The summed E-state index contributed by atoms with van der Waals surface area (Å²) in [5.74, 6) is 0.706. The van der Waals surface area contributed by atoms with Gasteiger partial charge in [0.1, 0.15) is 0 Å². The van der Waals surface area contributed by atoms with E-state index >= 15 is 0 Å². The molecule has 2 saturated carbocycles. The molecule has 0 aliphatic heterocycles. The van der Waals surface area contributed by atoms with Crippen LogP contribution in [0.25, 0.3) is 0 Å². The number of rotatable bonds is 2. The summed E-state index contributed by atoms with van der Waals surface area (Å²) >= 11 is 0. The van der Waals surface area contributed by atoms with E-state index in [1.165, 1.54) is 19.3 Å². The Morgan fingerprint density at radius 3 is 2.50 bits per heavy atom. The Hall–Kier alpha value is -0.300. The van der Waals surface area contributed by atoms with Crippen LogP contribution in [0.3, 0.4) is 0 Å². The molecule has 1 N–H and O–H groups in total. The Morgan fingerprint density at radius 1 is 1.43 bits per heavy atom. The molecule has 2 rings (SSSR count). The molecule has 3 atom stereocenters. The molecule has 0 saturated heterocycles. The minimum absolute atomic E-state index is 0.0637. The van der Waals surface area contributed by atoms with Gasteiger partial charge in [0, 0.05) is 0 Å². The van der Waals surface area contributed by atoms with Crippen LogP contribution in [0.15, 0.2) is 12.7 Å². The lowest BCUT2D eigenvalue weighted by atomic mass is 9.59. The van der Waals surface area contributed by atoms with Crippen molar-refractivity contribution in [2.24, 2.45) is 16.7 Å². The van der Waals surface area contributed by atoms with Crippen LogP contribution < -0.4 is 0 Å². The summed E-state index contributed by atoms with van der Waals surface area (Å²) in [6, 6.07) is 0. The number of fused-ring (bicyclic) bond motifs is 2. The Kier molecular flexibility index (Phi) is 1.92. The normalized spacial score (nSPS) is 49.6. The lowest BCUT2D eigenvalue weighted by Crippen LogP contribution is -2.53. The average Bonchev–Trinajstić information content (AvgIpc) is 2.53. The number of aliphatic hydroxyl groups is 1. The summed E-state index contributed by atoms with van der Waals surface area (Å²) in [4.78, 5) is 0. The Bertz CT molecular complexity index is 262. The molecule has 0 aromatic rings.